The molecule has 0 atom stereocenters. The molecule has 176 valence electrons. The van der Waals surface area contributed by atoms with Gasteiger partial charge in [0, 0.05) is 38.8 Å². The molecule has 0 radical (unpaired) electrons. The number of ether oxygens (including phenoxy) is 2. The molecule has 8 nitrogen and oxygen atoms in total. The molecule has 33 heavy (non-hydrogen) atoms. The Kier molecular flexibility index (Phi) is 8.30. The van der Waals surface area contributed by atoms with Crippen molar-refractivity contribution in [1.82, 2.24) is 19.7 Å². The molecular weight excluding hydrogens is 420 g/mol. The lowest BCUT2D eigenvalue weighted by Gasteiger charge is -2.26. The smallest absolute Gasteiger partial charge is 0.336 e. The molecule has 0 spiro atoms. The van der Waals surface area contributed by atoms with E-state index in [9.17, 15) is 9.90 Å². The van der Waals surface area contributed by atoms with Gasteiger partial charge in [-0.2, -0.15) is 0 Å². The summed E-state index contributed by atoms with van der Waals surface area (Å²) in [5.74, 6) is -0.569. The predicted octanol–water partition coefficient (Wildman–Crippen LogP) is 4.67. The van der Waals surface area contributed by atoms with Crippen molar-refractivity contribution in [1.29, 1.82) is 0 Å². The van der Waals surface area contributed by atoms with Gasteiger partial charge in [-0.05, 0) is 24.1 Å². The third-order valence-electron chi connectivity index (χ3n) is 5.82. The van der Waals surface area contributed by atoms with Crippen LogP contribution < -0.4 is 0 Å². The molecule has 2 aromatic heterocycles. The number of methoxy groups -OCH3 is 2. The second-order valence-electron chi connectivity index (χ2n) is 7.87. The molecule has 0 fully saturated rings. The molecular formula is C25H32N4O4. The number of pyridine rings is 1. The molecule has 1 N–H and O–H groups in total. The number of aromatic carboxylic acids is 1. The maximum atomic E-state index is 11.5. The van der Waals surface area contributed by atoms with E-state index in [1.165, 1.54) is 0 Å². The summed E-state index contributed by atoms with van der Waals surface area (Å²) in [6.07, 6.45) is 6.34. The number of hydrogen-bond acceptors (Lipinski definition) is 6. The van der Waals surface area contributed by atoms with Crippen molar-refractivity contribution < 1.29 is 19.4 Å². The van der Waals surface area contributed by atoms with Gasteiger partial charge in [0.25, 0.3) is 0 Å². The highest BCUT2D eigenvalue weighted by molar-refractivity contribution is 5.95. The van der Waals surface area contributed by atoms with Crippen LogP contribution in [0.4, 0.5) is 0 Å². The third-order valence-corrected chi connectivity index (χ3v) is 5.82. The fourth-order valence-corrected chi connectivity index (χ4v) is 3.85. The van der Waals surface area contributed by atoms with Crippen LogP contribution in [0.1, 0.15) is 67.2 Å². The minimum atomic E-state index is -0.984. The summed E-state index contributed by atoms with van der Waals surface area (Å²) in [4.78, 5) is 20.9. The Balaban J connectivity index is 1.89. The highest BCUT2D eigenvalue weighted by atomic mass is 16.7. The molecule has 0 bridgehead atoms. The number of aryl methyl sites for hydroxylation is 1. The summed E-state index contributed by atoms with van der Waals surface area (Å²) in [5, 5.41) is 14.2. The van der Waals surface area contributed by atoms with E-state index in [0.29, 0.717) is 24.4 Å². The number of aromatic nitrogens is 4. The van der Waals surface area contributed by atoms with Gasteiger partial charge in [0.05, 0.1) is 17.8 Å². The zero-order valence-electron chi connectivity index (χ0n) is 19.7. The monoisotopic (exact) mass is 452 g/mol. The van der Waals surface area contributed by atoms with E-state index in [0.717, 1.165) is 42.8 Å². The van der Waals surface area contributed by atoms with Crippen LogP contribution in [0.15, 0.2) is 42.6 Å². The second-order valence-corrected chi connectivity index (χ2v) is 7.87. The first-order valence-electron chi connectivity index (χ1n) is 11.3. The van der Waals surface area contributed by atoms with Crippen LogP contribution in [-0.4, -0.2) is 45.0 Å². The van der Waals surface area contributed by atoms with Crippen LogP contribution >= 0.6 is 0 Å². The number of carboxylic acids is 1. The fraction of sp³-hybridized carbons (Fsp3) is 0.440. The van der Waals surface area contributed by atoms with Crippen molar-refractivity contribution in [3.63, 3.8) is 0 Å². The zero-order valence-corrected chi connectivity index (χ0v) is 19.7. The highest BCUT2D eigenvalue weighted by Crippen LogP contribution is 2.28. The molecule has 1 aromatic carbocycles. The molecule has 2 heterocycles. The Morgan fingerprint density at radius 2 is 1.85 bits per heavy atom. The average molecular weight is 453 g/mol. The number of nitrogens with zero attached hydrogens (tertiary/aromatic N) is 4. The summed E-state index contributed by atoms with van der Waals surface area (Å²) >= 11 is 0. The summed E-state index contributed by atoms with van der Waals surface area (Å²) in [6, 6.07) is 10.7. The summed E-state index contributed by atoms with van der Waals surface area (Å²) in [5.41, 5.74) is 2.45. The first-order valence-corrected chi connectivity index (χ1v) is 11.3. The van der Waals surface area contributed by atoms with Gasteiger partial charge in [0.1, 0.15) is 5.82 Å². The highest BCUT2D eigenvalue weighted by Gasteiger charge is 2.35. The van der Waals surface area contributed by atoms with Gasteiger partial charge in [-0.25, -0.2) is 14.5 Å². The van der Waals surface area contributed by atoms with E-state index in [1.807, 2.05) is 29.8 Å². The summed E-state index contributed by atoms with van der Waals surface area (Å²) in [6.45, 7) is 4.59. The molecule has 0 amide bonds. The van der Waals surface area contributed by atoms with Crippen molar-refractivity contribution in [2.75, 3.05) is 14.2 Å². The maximum Gasteiger partial charge on any atom is 0.336 e. The SMILES string of the molecule is CCCCCc1nc(C(CC)(OC)OC)nn1Cc1ccc(-c2ccccc2C(=O)O)cn1. The minimum Gasteiger partial charge on any atom is -0.478 e. The van der Waals surface area contributed by atoms with Crippen LogP contribution in [0.5, 0.6) is 0 Å². The number of rotatable bonds is 12. The Morgan fingerprint density at radius 1 is 1.09 bits per heavy atom. The summed E-state index contributed by atoms with van der Waals surface area (Å²) < 4.78 is 13.1. The first kappa shape index (κ1) is 24.5. The van der Waals surface area contributed by atoms with Gasteiger partial charge in [0.15, 0.2) is 0 Å². The molecule has 8 heteroatoms. The van der Waals surface area contributed by atoms with Gasteiger partial charge < -0.3 is 14.6 Å². The standard InChI is InChI=1S/C25H32N4O4/c1-5-7-8-13-22-27-24(25(6-2,32-3)33-4)28-29(22)17-19-15-14-18(16-26-19)20-11-9-10-12-21(20)23(30)31/h9-12,14-16H,5-8,13,17H2,1-4H3,(H,30,31). The zero-order chi connectivity index (χ0) is 23.8. The Morgan fingerprint density at radius 3 is 2.45 bits per heavy atom. The van der Waals surface area contributed by atoms with Crippen molar-refractivity contribution in [2.24, 2.45) is 0 Å². The number of carbonyl (C=O) groups is 1. The Labute approximate surface area is 194 Å². The Bertz CT molecular complexity index is 1050. The lowest BCUT2D eigenvalue weighted by Crippen LogP contribution is -2.31. The van der Waals surface area contributed by atoms with Gasteiger partial charge in [-0.3, -0.25) is 4.98 Å². The molecule has 0 aliphatic rings. The molecule has 0 aliphatic heterocycles. The molecule has 3 rings (SSSR count). The topological polar surface area (TPSA) is 99.4 Å². The molecule has 0 saturated carbocycles. The van der Waals surface area contributed by atoms with Crippen LogP contribution in [-0.2, 0) is 28.2 Å². The Hall–Kier alpha value is -3.10. The first-order chi connectivity index (χ1) is 16.0. The minimum absolute atomic E-state index is 0.251. The van der Waals surface area contributed by atoms with Crippen LogP contribution in [0, 0.1) is 0 Å². The normalized spacial score (nSPS) is 11.6. The second kappa shape index (κ2) is 11.2. The molecule has 0 saturated heterocycles. The van der Waals surface area contributed by atoms with E-state index in [1.54, 1.807) is 38.6 Å². The van der Waals surface area contributed by atoms with E-state index in [2.05, 4.69) is 11.9 Å². The quantitative estimate of drug-likeness (QED) is 0.315. The van der Waals surface area contributed by atoms with Crippen molar-refractivity contribution in [3.05, 3.63) is 65.5 Å². The number of benzene rings is 1. The van der Waals surface area contributed by atoms with Crippen molar-refractivity contribution >= 4 is 5.97 Å². The average Bonchev–Trinajstić information content (AvgIpc) is 3.24. The van der Waals surface area contributed by atoms with Crippen LogP contribution in [0.2, 0.25) is 0 Å². The van der Waals surface area contributed by atoms with E-state index in [4.69, 9.17) is 19.6 Å². The molecule has 3 aromatic rings. The largest absolute Gasteiger partial charge is 0.478 e. The van der Waals surface area contributed by atoms with Gasteiger partial charge in [0.2, 0.25) is 11.6 Å². The fourth-order valence-electron chi connectivity index (χ4n) is 3.85. The lowest BCUT2D eigenvalue weighted by atomic mass is 10.0. The van der Waals surface area contributed by atoms with Gasteiger partial charge >= 0.3 is 5.97 Å². The van der Waals surface area contributed by atoms with E-state index in [-0.39, 0.29) is 5.56 Å². The summed E-state index contributed by atoms with van der Waals surface area (Å²) in [7, 11) is 3.19. The van der Waals surface area contributed by atoms with E-state index < -0.39 is 11.8 Å². The predicted molar refractivity (Wildman–Crippen MR) is 125 cm³/mol. The maximum absolute atomic E-state index is 11.5. The van der Waals surface area contributed by atoms with Gasteiger partial charge in [-0.1, -0.05) is 51.0 Å². The third kappa shape index (κ3) is 5.46. The van der Waals surface area contributed by atoms with Crippen molar-refractivity contribution in [3.8, 4) is 11.1 Å². The van der Waals surface area contributed by atoms with Crippen LogP contribution in [0.3, 0.4) is 0 Å². The number of hydrogen-bond donors (Lipinski definition) is 1. The number of carboxylic acid groups (broad SMARTS) is 1. The molecule has 0 unspecified atom stereocenters. The lowest BCUT2D eigenvalue weighted by molar-refractivity contribution is -0.222. The van der Waals surface area contributed by atoms with Crippen LogP contribution in [0.25, 0.3) is 11.1 Å². The number of unbranched alkanes of at least 4 members (excludes halogenated alkanes) is 2. The van der Waals surface area contributed by atoms with Crippen molar-refractivity contribution in [2.45, 2.75) is 58.3 Å². The molecule has 0 aliphatic carbocycles. The van der Waals surface area contributed by atoms with E-state index >= 15 is 0 Å². The van der Waals surface area contributed by atoms with Gasteiger partial charge in [-0.15, -0.1) is 5.10 Å².